The van der Waals surface area contributed by atoms with Crippen LogP contribution in [0.15, 0.2) is 53.4 Å². The maximum absolute atomic E-state index is 12.5. The van der Waals surface area contributed by atoms with Crippen LogP contribution in [0.5, 0.6) is 0 Å². The molecule has 0 aromatic heterocycles. The van der Waals surface area contributed by atoms with E-state index < -0.39 is 15.6 Å². The SMILES string of the molecule is CC(C)(C)NC(=O)c1cccc(S(=O)(=O)Nc2ccc(Cl)cc2)c1. The number of hydrogen-bond acceptors (Lipinski definition) is 3. The van der Waals surface area contributed by atoms with Crippen LogP contribution in [0, 0.1) is 0 Å². The molecular formula is C17H19ClN2O3S. The van der Waals surface area contributed by atoms with E-state index in [1.54, 1.807) is 30.3 Å². The average Bonchev–Trinajstić information content (AvgIpc) is 2.48. The second-order valence-corrected chi connectivity index (χ2v) is 8.46. The van der Waals surface area contributed by atoms with Crippen molar-refractivity contribution in [2.75, 3.05) is 4.72 Å². The van der Waals surface area contributed by atoms with E-state index in [9.17, 15) is 13.2 Å². The van der Waals surface area contributed by atoms with Crippen LogP contribution in [-0.4, -0.2) is 19.9 Å². The molecule has 0 unspecified atom stereocenters. The number of carbonyl (C=O) groups excluding carboxylic acids is 1. The molecule has 0 aliphatic rings. The van der Waals surface area contributed by atoms with E-state index in [-0.39, 0.29) is 16.4 Å². The molecule has 0 bridgehead atoms. The number of benzene rings is 2. The van der Waals surface area contributed by atoms with Gasteiger partial charge in [0.25, 0.3) is 15.9 Å². The van der Waals surface area contributed by atoms with Crippen LogP contribution < -0.4 is 10.0 Å². The number of amides is 1. The molecule has 2 aromatic carbocycles. The molecule has 0 aliphatic carbocycles. The highest BCUT2D eigenvalue weighted by atomic mass is 35.5. The molecule has 128 valence electrons. The zero-order valence-corrected chi connectivity index (χ0v) is 15.2. The topological polar surface area (TPSA) is 75.3 Å². The number of halogens is 1. The molecule has 0 atom stereocenters. The highest BCUT2D eigenvalue weighted by Crippen LogP contribution is 2.19. The van der Waals surface area contributed by atoms with Gasteiger partial charge in [0.15, 0.2) is 0 Å². The van der Waals surface area contributed by atoms with E-state index >= 15 is 0 Å². The zero-order chi connectivity index (χ0) is 18.0. The van der Waals surface area contributed by atoms with Gasteiger partial charge in [-0.15, -0.1) is 0 Å². The van der Waals surface area contributed by atoms with Crippen LogP contribution in [0.1, 0.15) is 31.1 Å². The smallest absolute Gasteiger partial charge is 0.261 e. The minimum Gasteiger partial charge on any atom is -0.347 e. The van der Waals surface area contributed by atoms with Crippen molar-refractivity contribution < 1.29 is 13.2 Å². The highest BCUT2D eigenvalue weighted by Gasteiger charge is 2.19. The zero-order valence-electron chi connectivity index (χ0n) is 13.6. The Kier molecular flexibility index (Phi) is 5.20. The van der Waals surface area contributed by atoms with Crippen molar-refractivity contribution in [3.63, 3.8) is 0 Å². The van der Waals surface area contributed by atoms with Crippen molar-refractivity contribution >= 4 is 33.2 Å². The monoisotopic (exact) mass is 366 g/mol. The fourth-order valence-electron chi connectivity index (χ4n) is 1.95. The summed E-state index contributed by atoms with van der Waals surface area (Å²) < 4.78 is 27.4. The standard InChI is InChI=1S/C17H19ClN2O3S/c1-17(2,3)19-16(21)12-5-4-6-15(11-12)24(22,23)20-14-9-7-13(18)8-10-14/h4-11,20H,1-3H3,(H,19,21). The summed E-state index contributed by atoms with van der Waals surface area (Å²) >= 11 is 5.79. The molecule has 0 radical (unpaired) electrons. The fraction of sp³-hybridized carbons (Fsp3) is 0.235. The van der Waals surface area contributed by atoms with Crippen LogP contribution in [0.2, 0.25) is 5.02 Å². The Bertz CT molecular complexity index is 841. The lowest BCUT2D eigenvalue weighted by Crippen LogP contribution is -2.40. The van der Waals surface area contributed by atoms with Gasteiger partial charge in [0.2, 0.25) is 0 Å². The van der Waals surface area contributed by atoms with Crippen LogP contribution in [0.4, 0.5) is 5.69 Å². The maximum atomic E-state index is 12.5. The van der Waals surface area contributed by atoms with Crippen molar-refractivity contribution in [1.82, 2.24) is 5.32 Å². The highest BCUT2D eigenvalue weighted by molar-refractivity contribution is 7.92. The molecule has 2 rings (SSSR count). The first kappa shape index (κ1) is 18.3. The molecule has 2 N–H and O–H groups in total. The molecule has 24 heavy (non-hydrogen) atoms. The Morgan fingerprint density at radius 1 is 1.04 bits per heavy atom. The number of rotatable bonds is 4. The number of nitrogens with one attached hydrogen (secondary N) is 2. The molecule has 0 spiro atoms. The average molecular weight is 367 g/mol. The molecule has 2 aromatic rings. The maximum Gasteiger partial charge on any atom is 0.261 e. The summed E-state index contributed by atoms with van der Waals surface area (Å²) in [6, 6.07) is 12.2. The predicted octanol–water partition coefficient (Wildman–Crippen LogP) is 3.67. The van der Waals surface area contributed by atoms with Gasteiger partial charge in [0.1, 0.15) is 0 Å². The van der Waals surface area contributed by atoms with Crippen LogP contribution in [-0.2, 0) is 10.0 Å². The van der Waals surface area contributed by atoms with E-state index in [1.165, 1.54) is 18.2 Å². The van der Waals surface area contributed by atoms with Gasteiger partial charge in [-0.25, -0.2) is 8.42 Å². The molecule has 0 saturated carbocycles. The molecule has 0 aliphatic heterocycles. The molecular weight excluding hydrogens is 348 g/mol. The minimum atomic E-state index is -3.80. The number of carbonyl (C=O) groups is 1. The number of sulfonamides is 1. The summed E-state index contributed by atoms with van der Waals surface area (Å²) in [5.74, 6) is -0.328. The van der Waals surface area contributed by atoms with Crippen LogP contribution in [0.3, 0.4) is 0 Å². The first-order chi connectivity index (χ1) is 11.1. The van der Waals surface area contributed by atoms with Gasteiger partial charge in [0, 0.05) is 21.8 Å². The van der Waals surface area contributed by atoms with Crippen molar-refractivity contribution in [2.45, 2.75) is 31.2 Å². The molecule has 0 fully saturated rings. The summed E-state index contributed by atoms with van der Waals surface area (Å²) in [6.07, 6.45) is 0. The van der Waals surface area contributed by atoms with Gasteiger partial charge >= 0.3 is 0 Å². The van der Waals surface area contributed by atoms with E-state index in [0.29, 0.717) is 10.7 Å². The molecule has 0 saturated heterocycles. The lowest BCUT2D eigenvalue weighted by atomic mass is 10.1. The van der Waals surface area contributed by atoms with Gasteiger partial charge < -0.3 is 5.32 Å². The van der Waals surface area contributed by atoms with Crippen LogP contribution >= 0.6 is 11.6 Å². The van der Waals surface area contributed by atoms with E-state index in [1.807, 2.05) is 20.8 Å². The van der Waals surface area contributed by atoms with Gasteiger partial charge in [-0.1, -0.05) is 17.7 Å². The lowest BCUT2D eigenvalue weighted by molar-refractivity contribution is 0.0919. The molecule has 0 heterocycles. The summed E-state index contributed by atoms with van der Waals surface area (Å²) in [5.41, 5.74) is 0.265. The summed E-state index contributed by atoms with van der Waals surface area (Å²) in [6.45, 7) is 5.56. The first-order valence-corrected chi connectivity index (χ1v) is 9.14. The predicted molar refractivity (Wildman–Crippen MR) is 95.9 cm³/mol. The summed E-state index contributed by atoms with van der Waals surface area (Å²) in [7, 11) is -3.80. The third-order valence-electron chi connectivity index (χ3n) is 2.99. The Balaban J connectivity index is 2.26. The van der Waals surface area contributed by atoms with Gasteiger partial charge in [-0.3, -0.25) is 9.52 Å². The first-order valence-electron chi connectivity index (χ1n) is 7.28. The van der Waals surface area contributed by atoms with E-state index in [2.05, 4.69) is 10.0 Å². The third-order valence-corrected chi connectivity index (χ3v) is 4.62. The molecule has 5 nitrogen and oxygen atoms in total. The summed E-state index contributed by atoms with van der Waals surface area (Å²) in [4.78, 5) is 12.2. The number of anilines is 1. The Hall–Kier alpha value is -2.05. The summed E-state index contributed by atoms with van der Waals surface area (Å²) in [5, 5.41) is 3.31. The lowest BCUT2D eigenvalue weighted by Gasteiger charge is -2.20. The van der Waals surface area contributed by atoms with E-state index in [4.69, 9.17) is 11.6 Å². The van der Waals surface area contributed by atoms with Crippen molar-refractivity contribution in [3.8, 4) is 0 Å². The van der Waals surface area contributed by atoms with Gasteiger partial charge in [-0.2, -0.15) is 0 Å². The Morgan fingerprint density at radius 3 is 2.25 bits per heavy atom. The second-order valence-electron chi connectivity index (χ2n) is 6.34. The van der Waals surface area contributed by atoms with Gasteiger partial charge in [-0.05, 0) is 63.2 Å². The van der Waals surface area contributed by atoms with Crippen LogP contribution in [0.25, 0.3) is 0 Å². The van der Waals surface area contributed by atoms with Crippen molar-refractivity contribution in [3.05, 3.63) is 59.1 Å². The molecule has 1 amide bonds. The quantitative estimate of drug-likeness (QED) is 0.866. The third kappa shape index (κ3) is 4.97. The van der Waals surface area contributed by atoms with Gasteiger partial charge in [0.05, 0.1) is 4.90 Å². The van der Waals surface area contributed by atoms with Crippen molar-refractivity contribution in [2.24, 2.45) is 0 Å². The minimum absolute atomic E-state index is 0.0130. The fourth-order valence-corrected chi connectivity index (χ4v) is 3.18. The van der Waals surface area contributed by atoms with E-state index in [0.717, 1.165) is 0 Å². The Morgan fingerprint density at radius 2 is 1.67 bits per heavy atom. The number of hydrogen-bond donors (Lipinski definition) is 2. The normalized spacial score (nSPS) is 11.8. The molecule has 7 heteroatoms. The second kappa shape index (κ2) is 6.83. The largest absolute Gasteiger partial charge is 0.347 e. The Labute approximate surface area is 147 Å². The van der Waals surface area contributed by atoms with Crippen molar-refractivity contribution in [1.29, 1.82) is 0 Å².